The molecule has 17 heavy (non-hydrogen) atoms. The summed E-state index contributed by atoms with van der Waals surface area (Å²) in [5.74, 6) is 2.02. The third kappa shape index (κ3) is 2.41. The Morgan fingerprint density at radius 2 is 2.12 bits per heavy atom. The summed E-state index contributed by atoms with van der Waals surface area (Å²) in [7, 11) is 1.61. The molecule has 0 atom stereocenters. The van der Waals surface area contributed by atoms with Crippen molar-refractivity contribution in [3.63, 3.8) is 0 Å². The molecule has 1 aliphatic rings. The first-order valence-corrected chi connectivity index (χ1v) is 6.31. The normalized spacial score (nSPS) is 13.5. The van der Waals surface area contributed by atoms with Crippen LogP contribution in [0.15, 0.2) is 10.5 Å². The van der Waals surface area contributed by atoms with Crippen LogP contribution in [0.1, 0.15) is 30.9 Å². The van der Waals surface area contributed by atoms with Crippen molar-refractivity contribution < 1.29 is 14.3 Å². The average molecular weight is 302 g/mol. The number of fused-ring (bicyclic) bond motifs is 1. The highest BCUT2D eigenvalue weighted by Crippen LogP contribution is 2.46. The van der Waals surface area contributed by atoms with Crippen molar-refractivity contribution in [3.05, 3.63) is 21.7 Å². The molecular formula is C12H16BrNO3. The summed E-state index contributed by atoms with van der Waals surface area (Å²) in [6, 6.07) is 2.05. The fourth-order valence-corrected chi connectivity index (χ4v) is 2.60. The predicted molar refractivity (Wildman–Crippen MR) is 68.2 cm³/mol. The molecule has 0 radical (unpaired) electrons. The topological polar surface area (TPSA) is 39.7 Å². The summed E-state index contributed by atoms with van der Waals surface area (Å²) in [6.45, 7) is 5.21. The minimum Gasteiger partial charge on any atom is -0.453 e. The molecule has 0 bridgehead atoms. The van der Waals surface area contributed by atoms with Gasteiger partial charge in [-0.15, -0.1) is 0 Å². The van der Waals surface area contributed by atoms with Gasteiger partial charge in [0.1, 0.15) is 0 Å². The summed E-state index contributed by atoms with van der Waals surface area (Å²) in [6.07, 6.45) is 0. The molecular weight excluding hydrogens is 286 g/mol. The number of hydroxylamine groups is 1. The fourth-order valence-electron chi connectivity index (χ4n) is 2.03. The lowest BCUT2D eigenvalue weighted by molar-refractivity contribution is 0.0864. The van der Waals surface area contributed by atoms with Crippen LogP contribution in [0.5, 0.6) is 11.5 Å². The minimum absolute atomic E-state index is 0.287. The Kier molecular flexibility index (Phi) is 3.91. The van der Waals surface area contributed by atoms with E-state index in [0.29, 0.717) is 12.5 Å². The molecule has 0 fully saturated rings. The van der Waals surface area contributed by atoms with E-state index in [1.807, 2.05) is 0 Å². The Hall–Kier alpha value is -0.780. The molecule has 0 amide bonds. The number of hydrogen-bond acceptors (Lipinski definition) is 4. The van der Waals surface area contributed by atoms with Crippen molar-refractivity contribution >= 4 is 15.9 Å². The minimum atomic E-state index is 0.287. The van der Waals surface area contributed by atoms with Gasteiger partial charge in [0.25, 0.3) is 0 Å². The zero-order valence-corrected chi connectivity index (χ0v) is 11.8. The molecule has 0 aliphatic carbocycles. The van der Waals surface area contributed by atoms with Crippen molar-refractivity contribution in [1.82, 2.24) is 5.48 Å². The number of rotatable bonds is 4. The third-order valence-electron chi connectivity index (χ3n) is 2.71. The summed E-state index contributed by atoms with van der Waals surface area (Å²) in [5.41, 5.74) is 5.18. The van der Waals surface area contributed by atoms with Gasteiger partial charge >= 0.3 is 0 Å². The molecule has 0 saturated carbocycles. The summed E-state index contributed by atoms with van der Waals surface area (Å²) in [4.78, 5) is 4.90. The van der Waals surface area contributed by atoms with Crippen molar-refractivity contribution in [2.45, 2.75) is 26.3 Å². The molecule has 0 unspecified atom stereocenters. The number of benzene rings is 1. The molecule has 1 aliphatic heterocycles. The number of nitrogens with one attached hydrogen (secondary N) is 1. The van der Waals surface area contributed by atoms with Crippen LogP contribution in [0.2, 0.25) is 0 Å². The lowest BCUT2D eigenvalue weighted by Gasteiger charge is -2.16. The molecule has 1 aromatic rings. The van der Waals surface area contributed by atoms with E-state index in [4.69, 9.17) is 14.3 Å². The Labute approximate surface area is 109 Å². The van der Waals surface area contributed by atoms with Crippen LogP contribution in [0.25, 0.3) is 0 Å². The molecule has 2 rings (SSSR count). The second-order valence-electron chi connectivity index (χ2n) is 4.18. The summed E-state index contributed by atoms with van der Waals surface area (Å²) in [5, 5.41) is 0. The van der Waals surface area contributed by atoms with Crippen LogP contribution in [0.4, 0.5) is 0 Å². The Bertz CT molecular complexity index is 421. The molecule has 1 heterocycles. The Morgan fingerprint density at radius 3 is 2.76 bits per heavy atom. The lowest BCUT2D eigenvalue weighted by atomic mass is 9.95. The quantitative estimate of drug-likeness (QED) is 0.868. The molecule has 1 aromatic carbocycles. The highest BCUT2D eigenvalue weighted by molar-refractivity contribution is 9.10. The van der Waals surface area contributed by atoms with Crippen LogP contribution in [-0.2, 0) is 11.4 Å². The molecule has 0 saturated heterocycles. The van der Waals surface area contributed by atoms with E-state index in [-0.39, 0.29) is 6.79 Å². The maximum absolute atomic E-state index is 5.57. The van der Waals surface area contributed by atoms with Crippen molar-refractivity contribution in [2.75, 3.05) is 13.9 Å². The maximum Gasteiger partial charge on any atom is 0.231 e. The first-order chi connectivity index (χ1) is 8.15. The van der Waals surface area contributed by atoms with Gasteiger partial charge in [-0.05, 0) is 33.5 Å². The van der Waals surface area contributed by atoms with E-state index >= 15 is 0 Å². The van der Waals surface area contributed by atoms with Crippen LogP contribution in [0.3, 0.4) is 0 Å². The second-order valence-corrected chi connectivity index (χ2v) is 5.03. The van der Waals surface area contributed by atoms with Crippen LogP contribution in [0, 0.1) is 0 Å². The van der Waals surface area contributed by atoms with E-state index in [0.717, 1.165) is 21.5 Å². The van der Waals surface area contributed by atoms with Gasteiger partial charge in [-0.3, -0.25) is 0 Å². The van der Waals surface area contributed by atoms with Gasteiger partial charge in [0.05, 0.1) is 11.6 Å². The molecule has 4 nitrogen and oxygen atoms in total. The Morgan fingerprint density at radius 1 is 1.41 bits per heavy atom. The van der Waals surface area contributed by atoms with E-state index in [9.17, 15) is 0 Å². The van der Waals surface area contributed by atoms with Gasteiger partial charge in [0.2, 0.25) is 6.79 Å². The van der Waals surface area contributed by atoms with Crippen molar-refractivity contribution in [1.29, 1.82) is 0 Å². The molecule has 5 heteroatoms. The summed E-state index contributed by atoms with van der Waals surface area (Å²) < 4.78 is 11.9. The van der Waals surface area contributed by atoms with Gasteiger partial charge in [-0.25, -0.2) is 0 Å². The predicted octanol–water partition coefficient (Wildman–Crippen LogP) is 2.95. The zero-order valence-electron chi connectivity index (χ0n) is 10.2. The molecule has 0 spiro atoms. The van der Waals surface area contributed by atoms with Crippen LogP contribution in [-0.4, -0.2) is 13.9 Å². The fraction of sp³-hybridized carbons (Fsp3) is 0.500. The molecule has 94 valence electrons. The molecule has 0 aromatic heterocycles. The monoisotopic (exact) mass is 301 g/mol. The van der Waals surface area contributed by atoms with Crippen LogP contribution >= 0.6 is 15.9 Å². The maximum atomic E-state index is 5.57. The second kappa shape index (κ2) is 5.25. The SMILES string of the molecule is CONCc1cc(Br)c2c(c1C(C)C)OCO2. The van der Waals surface area contributed by atoms with E-state index in [1.54, 1.807) is 7.11 Å². The van der Waals surface area contributed by atoms with Crippen molar-refractivity contribution in [3.8, 4) is 11.5 Å². The van der Waals surface area contributed by atoms with E-state index < -0.39 is 0 Å². The first-order valence-electron chi connectivity index (χ1n) is 5.51. The number of halogens is 1. The smallest absolute Gasteiger partial charge is 0.231 e. The van der Waals surface area contributed by atoms with Gasteiger partial charge in [-0.1, -0.05) is 13.8 Å². The number of ether oxygens (including phenoxy) is 2. The average Bonchev–Trinajstić information content (AvgIpc) is 2.74. The van der Waals surface area contributed by atoms with Gasteiger partial charge in [0, 0.05) is 12.1 Å². The van der Waals surface area contributed by atoms with Crippen molar-refractivity contribution in [2.24, 2.45) is 0 Å². The van der Waals surface area contributed by atoms with Gasteiger partial charge in [-0.2, -0.15) is 5.48 Å². The van der Waals surface area contributed by atoms with Gasteiger partial charge < -0.3 is 14.3 Å². The highest BCUT2D eigenvalue weighted by atomic mass is 79.9. The van der Waals surface area contributed by atoms with Crippen LogP contribution < -0.4 is 15.0 Å². The summed E-state index contributed by atoms with van der Waals surface area (Å²) >= 11 is 3.50. The first kappa shape index (κ1) is 12.7. The largest absolute Gasteiger partial charge is 0.453 e. The Balaban J connectivity index is 2.47. The standard InChI is InChI=1S/C12H16BrNO3/c1-7(2)10-8(5-14-15-3)4-9(13)11-12(10)17-6-16-11/h4,7,14H,5-6H2,1-3H3. The van der Waals surface area contributed by atoms with E-state index in [1.165, 1.54) is 5.56 Å². The van der Waals surface area contributed by atoms with Gasteiger partial charge in [0.15, 0.2) is 11.5 Å². The molecule has 1 N–H and O–H groups in total. The zero-order chi connectivity index (χ0) is 12.4. The third-order valence-corrected chi connectivity index (χ3v) is 3.29. The number of hydrogen-bond donors (Lipinski definition) is 1. The van der Waals surface area contributed by atoms with E-state index in [2.05, 4.69) is 41.3 Å². The highest BCUT2D eigenvalue weighted by Gasteiger charge is 2.25. The lowest BCUT2D eigenvalue weighted by Crippen LogP contribution is -2.13.